The second-order valence-electron chi connectivity index (χ2n) is 6.38. The summed E-state index contributed by atoms with van der Waals surface area (Å²) >= 11 is 0. The third kappa shape index (κ3) is 2.91. The van der Waals surface area contributed by atoms with E-state index in [-0.39, 0.29) is 12.1 Å². The van der Waals surface area contributed by atoms with Gasteiger partial charge in [-0.05, 0) is 36.2 Å². The van der Waals surface area contributed by atoms with Gasteiger partial charge in [0.1, 0.15) is 0 Å². The molecule has 1 atom stereocenters. The van der Waals surface area contributed by atoms with Crippen molar-refractivity contribution in [1.29, 1.82) is 0 Å². The first-order valence-electron chi connectivity index (χ1n) is 8.58. The highest BCUT2D eigenvalue weighted by Crippen LogP contribution is 2.31. The normalized spacial score (nSPS) is 15.9. The molecule has 1 N–H and O–H groups in total. The number of aromatic nitrogens is 1. The van der Waals surface area contributed by atoms with Gasteiger partial charge in [0.25, 0.3) is 0 Å². The Labute approximate surface area is 147 Å². The second-order valence-corrected chi connectivity index (χ2v) is 6.38. The number of carbonyl (C=O) groups excluding carboxylic acids is 1. The molecule has 0 fully saturated rings. The van der Waals surface area contributed by atoms with Crippen molar-refractivity contribution >= 4 is 6.03 Å². The number of fused-ring (bicyclic) bond motifs is 3. The van der Waals surface area contributed by atoms with Gasteiger partial charge in [-0.1, -0.05) is 48.5 Å². The van der Waals surface area contributed by atoms with E-state index in [1.807, 2.05) is 53.4 Å². The smallest absolute Gasteiger partial charge is 0.318 e. The minimum atomic E-state index is -0.0409. The Morgan fingerprint density at radius 1 is 1.04 bits per heavy atom. The van der Waals surface area contributed by atoms with Gasteiger partial charge in [0.2, 0.25) is 0 Å². The first kappa shape index (κ1) is 15.5. The maximum atomic E-state index is 12.9. The molecule has 0 saturated carbocycles. The molecule has 4 nitrogen and oxygen atoms in total. The summed E-state index contributed by atoms with van der Waals surface area (Å²) in [6, 6.07) is 22.3. The number of para-hydroxylation sites is 1. The maximum absolute atomic E-state index is 12.9. The fourth-order valence-corrected chi connectivity index (χ4v) is 3.44. The Balaban J connectivity index is 1.61. The van der Waals surface area contributed by atoms with Crippen molar-refractivity contribution in [1.82, 2.24) is 14.8 Å². The quantitative estimate of drug-likeness (QED) is 0.748. The lowest BCUT2D eigenvalue weighted by molar-refractivity contribution is 0.175. The van der Waals surface area contributed by atoms with E-state index in [9.17, 15) is 4.79 Å². The predicted molar refractivity (Wildman–Crippen MR) is 98.4 cm³/mol. The Morgan fingerprint density at radius 3 is 2.64 bits per heavy atom. The molecule has 25 heavy (non-hydrogen) atoms. The fourth-order valence-electron chi connectivity index (χ4n) is 3.44. The van der Waals surface area contributed by atoms with E-state index in [2.05, 4.69) is 41.2 Å². The van der Waals surface area contributed by atoms with Crippen LogP contribution in [0.4, 0.5) is 4.79 Å². The van der Waals surface area contributed by atoms with Crippen LogP contribution in [0.1, 0.15) is 29.8 Å². The van der Waals surface area contributed by atoms with Gasteiger partial charge in [-0.2, -0.15) is 0 Å². The van der Waals surface area contributed by atoms with Gasteiger partial charge in [0.05, 0.1) is 18.3 Å². The maximum Gasteiger partial charge on any atom is 0.318 e. The topological polar surface area (TPSA) is 37.3 Å². The summed E-state index contributed by atoms with van der Waals surface area (Å²) in [5, 5.41) is 3.06. The van der Waals surface area contributed by atoms with Crippen molar-refractivity contribution < 1.29 is 4.79 Å². The predicted octanol–water partition coefficient (Wildman–Crippen LogP) is 4.26. The van der Waals surface area contributed by atoms with Gasteiger partial charge in [-0.25, -0.2) is 4.79 Å². The molecule has 3 aromatic rings. The summed E-state index contributed by atoms with van der Waals surface area (Å²) in [6.45, 7) is 3.21. The van der Waals surface area contributed by atoms with Crippen molar-refractivity contribution in [2.45, 2.75) is 26.1 Å². The number of carbonyl (C=O) groups is 1. The molecule has 0 bridgehead atoms. The van der Waals surface area contributed by atoms with Crippen LogP contribution in [0.2, 0.25) is 0 Å². The van der Waals surface area contributed by atoms with E-state index in [0.717, 1.165) is 22.5 Å². The summed E-state index contributed by atoms with van der Waals surface area (Å²) < 4.78 is 2.18. The first-order valence-corrected chi connectivity index (χ1v) is 8.58. The zero-order chi connectivity index (χ0) is 17.2. The molecule has 1 aliphatic rings. The van der Waals surface area contributed by atoms with Crippen LogP contribution in [-0.4, -0.2) is 15.5 Å². The lowest BCUT2D eigenvalue weighted by Gasteiger charge is -2.27. The first-order chi connectivity index (χ1) is 12.2. The van der Waals surface area contributed by atoms with Crippen molar-refractivity contribution in [3.63, 3.8) is 0 Å². The highest BCUT2D eigenvalue weighted by Gasteiger charge is 2.28. The molecule has 4 rings (SSSR count). The number of hydrogen-bond acceptors (Lipinski definition) is 1. The van der Waals surface area contributed by atoms with Crippen molar-refractivity contribution in [3.8, 4) is 5.69 Å². The van der Waals surface area contributed by atoms with Crippen LogP contribution in [0.25, 0.3) is 5.69 Å². The summed E-state index contributed by atoms with van der Waals surface area (Å²) in [5.41, 5.74) is 4.52. The number of amides is 2. The number of hydrogen-bond donors (Lipinski definition) is 1. The van der Waals surface area contributed by atoms with E-state index in [0.29, 0.717) is 13.1 Å². The lowest BCUT2D eigenvalue weighted by Crippen LogP contribution is -2.40. The third-order valence-corrected chi connectivity index (χ3v) is 4.82. The Kier molecular flexibility index (Phi) is 4.02. The number of nitrogens with zero attached hydrogens (tertiary/aromatic N) is 2. The van der Waals surface area contributed by atoms with E-state index in [4.69, 9.17) is 0 Å². The van der Waals surface area contributed by atoms with Crippen molar-refractivity contribution in [3.05, 3.63) is 89.7 Å². The largest absolute Gasteiger partial charge is 0.334 e. The monoisotopic (exact) mass is 331 g/mol. The van der Waals surface area contributed by atoms with Crippen molar-refractivity contribution in [2.75, 3.05) is 0 Å². The van der Waals surface area contributed by atoms with Gasteiger partial charge < -0.3 is 14.8 Å². The zero-order valence-electron chi connectivity index (χ0n) is 14.2. The summed E-state index contributed by atoms with van der Waals surface area (Å²) in [4.78, 5) is 14.8. The molecule has 1 aliphatic heterocycles. The molecule has 0 aliphatic carbocycles. The third-order valence-electron chi connectivity index (χ3n) is 4.82. The second kappa shape index (κ2) is 6.48. The molecule has 126 valence electrons. The number of nitrogens with one attached hydrogen (secondary N) is 1. The molecule has 0 spiro atoms. The van der Waals surface area contributed by atoms with E-state index >= 15 is 0 Å². The lowest BCUT2D eigenvalue weighted by atomic mass is 10.1. The highest BCUT2D eigenvalue weighted by molar-refractivity contribution is 5.75. The molecule has 1 aromatic heterocycles. The Bertz CT molecular complexity index is 885. The van der Waals surface area contributed by atoms with E-state index in [1.165, 1.54) is 0 Å². The zero-order valence-corrected chi connectivity index (χ0v) is 14.2. The fraction of sp³-hybridized carbons (Fsp3) is 0.190. The number of rotatable bonds is 2. The van der Waals surface area contributed by atoms with Crippen molar-refractivity contribution in [2.24, 2.45) is 0 Å². The minimum absolute atomic E-state index is 0.00169. The van der Waals surface area contributed by atoms with E-state index in [1.54, 1.807) is 0 Å². The van der Waals surface area contributed by atoms with Gasteiger partial charge >= 0.3 is 6.03 Å². The van der Waals surface area contributed by atoms with Crippen LogP contribution in [0.3, 0.4) is 0 Å². The average molecular weight is 331 g/mol. The Hall–Kier alpha value is -3.01. The van der Waals surface area contributed by atoms with Crippen LogP contribution < -0.4 is 5.32 Å². The van der Waals surface area contributed by atoms with Crippen LogP contribution >= 0.6 is 0 Å². The molecule has 2 heterocycles. The van der Waals surface area contributed by atoms with Gasteiger partial charge in [0.15, 0.2) is 0 Å². The summed E-state index contributed by atoms with van der Waals surface area (Å²) in [7, 11) is 0. The molecule has 0 radical (unpaired) electrons. The van der Waals surface area contributed by atoms with E-state index < -0.39 is 0 Å². The average Bonchev–Trinajstić information content (AvgIpc) is 3.10. The van der Waals surface area contributed by atoms with Gasteiger partial charge in [0, 0.05) is 18.4 Å². The molecule has 2 amide bonds. The molecule has 4 heteroatoms. The molecular formula is C21H21N3O. The number of urea groups is 1. The van der Waals surface area contributed by atoms with Crippen LogP contribution in [0.5, 0.6) is 0 Å². The number of benzene rings is 2. The Morgan fingerprint density at radius 2 is 1.80 bits per heavy atom. The molecular weight excluding hydrogens is 310 g/mol. The summed E-state index contributed by atoms with van der Waals surface area (Å²) in [6.07, 6.45) is 2.07. The van der Waals surface area contributed by atoms with Crippen LogP contribution in [-0.2, 0) is 13.1 Å². The van der Waals surface area contributed by atoms with Crippen LogP contribution in [0.15, 0.2) is 72.9 Å². The van der Waals surface area contributed by atoms with Gasteiger partial charge in [-0.15, -0.1) is 0 Å². The molecule has 0 unspecified atom stereocenters. The standard InChI is InChI=1S/C21H21N3O/c1-16-19-12-7-13-23(19)20-11-6-5-10-18(20)15-24(16)21(25)22-14-17-8-3-2-4-9-17/h2-13,16H,14-15H2,1H3,(H,22,25)/t16-/m0/s1. The minimum Gasteiger partial charge on any atom is -0.334 e. The highest BCUT2D eigenvalue weighted by atomic mass is 16.2. The van der Waals surface area contributed by atoms with Crippen LogP contribution in [0, 0.1) is 0 Å². The molecule has 2 aromatic carbocycles. The van der Waals surface area contributed by atoms with Gasteiger partial charge in [-0.3, -0.25) is 0 Å². The SMILES string of the molecule is C[C@H]1c2cccn2-c2ccccc2CN1C(=O)NCc1ccccc1. The molecule has 0 saturated heterocycles. The summed E-state index contributed by atoms with van der Waals surface area (Å²) in [5.74, 6) is 0.